The van der Waals surface area contributed by atoms with Crippen LogP contribution in [-0.4, -0.2) is 28.1 Å². The summed E-state index contributed by atoms with van der Waals surface area (Å²) >= 11 is 0. The number of nitrogens with two attached hydrogens (primary N) is 1. The molecule has 0 aromatic rings. The molecule has 0 aliphatic heterocycles. The number of nitrogens with one attached hydrogen (secondary N) is 2. The summed E-state index contributed by atoms with van der Waals surface area (Å²) in [6, 6.07) is -0.0990. The van der Waals surface area contributed by atoms with Crippen LogP contribution in [0.4, 0.5) is 0 Å². The van der Waals surface area contributed by atoms with Crippen molar-refractivity contribution in [3.63, 3.8) is 0 Å². The van der Waals surface area contributed by atoms with Gasteiger partial charge in [0, 0.05) is 19.6 Å². The van der Waals surface area contributed by atoms with Crippen LogP contribution in [0.3, 0.4) is 0 Å². The van der Waals surface area contributed by atoms with Gasteiger partial charge in [-0.05, 0) is 6.42 Å². The van der Waals surface area contributed by atoms with Crippen LogP contribution in [0.5, 0.6) is 0 Å². The number of hydrogen-bond acceptors (Lipinski definition) is 3. The summed E-state index contributed by atoms with van der Waals surface area (Å²) in [4.78, 5) is 0. The fourth-order valence-corrected chi connectivity index (χ4v) is 1.34. The summed E-state index contributed by atoms with van der Waals surface area (Å²) in [5, 5.41) is 0. The van der Waals surface area contributed by atoms with E-state index in [0.29, 0.717) is 0 Å². The van der Waals surface area contributed by atoms with E-state index in [9.17, 15) is 8.42 Å². The fourth-order valence-electron chi connectivity index (χ4n) is 0.762. The van der Waals surface area contributed by atoms with E-state index in [2.05, 4.69) is 9.44 Å². The molecule has 12 heavy (non-hydrogen) atoms. The molecule has 74 valence electrons. The molecule has 0 fully saturated rings. The van der Waals surface area contributed by atoms with E-state index >= 15 is 0 Å². The van der Waals surface area contributed by atoms with Gasteiger partial charge in [-0.1, -0.05) is 13.3 Å². The normalized spacial score (nSPS) is 14.6. The van der Waals surface area contributed by atoms with Crippen LogP contribution in [0.15, 0.2) is 0 Å². The topological polar surface area (TPSA) is 84.2 Å². The first-order valence-corrected chi connectivity index (χ1v) is 5.44. The first-order chi connectivity index (χ1) is 5.52. The van der Waals surface area contributed by atoms with Gasteiger partial charge < -0.3 is 5.73 Å². The molecule has 0 spiro atoms. The van der Waals surface area contributed by atoms with Crippen LogP contribution in [-0.2, 0) is 10.2 Å². The molecule has 0 saturated carbocycles. The van der Waals surface area contributed by atoms with Crippen LogP contribution in [0.25, 0.3) is 0 Å². The quantitative estimate of drug-likeness (QED) is 0.517. The van der Waals surface area contributed by atoms with Crippen LogP contribution >= 0.6 is 0 Å². The third kappa shape index (κ3) is 5.48. The molecule has 0 aromatic heterocycles. The maximum absolute atomic E-state index is 10.8. The van der Waals surface area contributed by atoms with Gasteiger partial charge in [0.15, 0.2) is 0 Å². The van der Waals surface area contributed by atoms with Gasteiger partial charge in [-0.15, -0.1) is 0 Å². The predicted molar refractivity (Wildman–Crippen MR) is 48.9 cm³/mol. The second kappa shape index (κ2) is 5.47. The SMILES string of the molecule is CCCC(N)CNS(=O)(=O)NC. The van der Waals surface area contributed by atoms with Crippen molar-refractivity contribution in [2.45, 2.75) is 25.8 Å². The zero-order valence-corrected chi connectivity index (χ0v) is 8.32. The van der Waals surface area contributed by atoms with Crippen molar-refractivity contribution >= 4 is 10.2 Å². The Kier molecular flexibility index (Phi) is 5.39. The molecule has 0 heterocycles. The van der Waals surface area contributed by atoms with Crippen molar-refractivity contribution in [3.05, 3.63) is 0 Å². The van der Waals surface area contributed by atoms with E-state index in [4.69, 9.17) is 5.73 Å². The molecule has 0 rings (SSSR count). The Morgan fingerprint density at radius 1 is 1.50 bits per heavy atom. The molecule has 0 amide bonds. The van der Waals surface area contributed by atoms with Crippen LogP contribution < -0.4 is 15.2 Å². The number of rotatable bonds is 6. The molecule has 0 aliphatic rings. The third-order valence-electron chi connectivity index (χ3n) is 1.46. The van der Waals surface area contributed by atoms with Gasteiger partial charge in [0.25, 0.3) is 10.2 Å². The summed E-state index contributed by atoms with van der Waals surface area (Å²) in [5.74, 6) is 0. The van der Waals surface area contributed by atoms with E-state index in [1.165, 1.54) is 7.05 Å². The van der Waals surface area contributed by atoms with Gasteiger partial charge in [-0.3, -0.25) is 0 Å². The van der Waals surface area contributed by atoms with Gasteiger partial charge >= 0.3 is 0 Å². The summed E-state index contributed by atoms with van der Waals surface area (Å²) in [7, 11) is -1.96. The van der Waals surface area contributed by atoms with Gasteiger partial charge in [0.1, 0.15) is 0 Å². The maximum Gasteiger partial charge on any atom is 0.276 e. The van der Waals surface area contributed by atoms with E-state index in [1.807, 2.05) is 6.92 Å². The summed E-state index contributed by atoms with van der Waals surface area (Å²) in [6.45, 7) is 2.30. The predicted octanol–water partition coefficient (Wildman–Crippen LogP) is -0.832. The first-order valence-electron chi connectivity index (χ1n) is 3.95. The molecule has 0 aromatic carbocycles. The van der Waals surface area contributed by atoms with Gasteiger partial charge in [0.05, 0.1) is 0 Å². The highest BCUT2D eigenvalue weighted by Gasteiger charge is 2.07. The second-order valence-corrected chi connectivity index (χ2v) is 4.31. The van der Waals surface area contributed by atoms with Gasteiger partial charge in [-0.25, -0.2) is 9.44 Å². The van der Waals surface area contributed by atoms with Crippen molar-refractivity contribution in [1.29, 1.82) is 0 Å². The Labute approximate surface area is 73.9 Å². The molecule has 6 heteroatoms. The Balaban J connectivity index is 3.68. The zero-order valence-electron chi connectivity index (χ0n) is 7.50. The number of hydrogen-bond donors (Lipinski definition) is 3. The van der Waals surface area contributed by atoms with E-state index in [0.717, 1.165) is 12.8 Å². The highest BCUT2D eigenvalue weighted by molar-refractivity contribution is 7.87. The average molecular weight is 195 g/mol. The molecule has 1 atom stereocenters. The first kappa shape index (κ1) is 11.8. The Bertz CT molecular complexity index is 203. The van der Waals surface area contributed by atoms with E-state index in [1.54, 1.807) is 0 Å². The van der Waals surface area contributed by atoms with Crippen LogP contribution in [0.2, 0.25) is 0 Å². The monoisotopic (exact) mass is 195 g/mol. The van der Waals surface area contributed by atoms with Crippen molar-refractivity contribution in [3.8, 4) is 0 Å². The Morgan fingerprint density at radius 3 is 2.50 bits per heavy atom. The fraction of sp³-hybridized carbons (Fsp3) is 1.00. The molecule has 0 saturated heterocycles. The zero-order chi connectivity index (χ0) is 9.61. The Hall–Kier alpha value is -0.170. The van der Waals surface area contributed by atoms with Gasteiger partial charge in [0.2, 0.25) is 0 Å². The van der Waals surface area contributed by atoms with Crippen LogP contribution in [0, 0.1) is 0 Å². The summed E-state index contributed by atoms with van der Waals surface area (Å²) in [6.07, 6.45) is 1.79. The third-order valence-corrected chi connectivity index (χ3v) is 2.55. The lowest BCUT2D eigenvalue weighted by Crippen LogP contribution is -2.41. The molecular weight excluding hydrogens is 178 g/mol. The lowest BCUT2D eigenvalue weighted by Gasteiger charge is -2.10. The minimum Gasteiger partial charge on any atom is -0.327 e. The summed E-state index contributed by atoms with van der Waals surface area (Å²) in [5.41, 5.74) is 5.59. The largest absolute Gasteiger partial charge is 0.327 e. The average Bonchev–Trinajstić information content (AvgIpc) is 2.02. The molecule has 5 nitrogen and oxygen atoms in total. The van der Waals surface area contributed by atoms with E-state index in [-0.39, 0.29) is 12.6 Å². The molecule has 1 unspecified atom stereocenters. The standard InChI is InChI=1S/C6H17N3O2S/c1-3-4-6(7)5-9-12(10,11)8-2/h6,8-9H,3-5,7H2,1-2H3. The summed E-state index contributed by atoms with van der Waals surface area (Å²) < 4.78 is 26.1. The molecule has 0 radical (unpaired) electrons. The molecule has 4 N–H and O–H groups in total. The van der Waals surface area contributed by atoms with E-state index < -0.39 is 10.2 Å². The lowest BCUT2D eigenvalue weighted by molar-refractivity contribution is 0.547. The highest BCUT2D eigenvalue weighted by atomic mass is 32.2. The molecule has 0 bridgehead atoms. The Morgan fingerprint density at radius 2 is 2.08 bits per heavy atom. The molecule has 0 aliphatic carbocycles. The molecular formula is C6H17N3O2S. The minimum absolute atomic E-state index is 0.0990. The second-order valence-electron chi connectivity index (χ2n) is 2.60. The smallest absolute Gasteiger partial charge is 0.276 e. The van der Waals surface area contributed by atoms with Gasteiger partial charge in [-0.2, -0.15) is 8.42 Å². The lowest BCUT2D eigenvalue weighted by atomic mass is 10.2. The minimum atomic E-state index is -3.31. The van der Waals surface area contributed by atoms with Crippen molar-refractivity contribution in [2.75, 3.05) is 13.6 Å². The van der Waals surface area contributed by atoms with Crippen molar-refractivity contribution < 1.29 is 8.42 Å². The highest BCUT2D eigenvalue weighted by Crippen LogP contribution is 1.91. The van der Waals surface area contributed by atoms with Crippen molar-refractivity contribution in [1.82, 2.24) is 9.44 Å². The van der Waals surface area contributed by atoms with Crippen LogP contribution in [0.1, 0.15) is 19.8 Å². The maximum atomic E-state index is 10.8. The van der Waals surface area contributed by atoms with Crippen molar-refractivity contribution in [2.24, 2.45) is 5.73 Å².